The van der Waals surface area contributed by atoms with Crippen LogP contribution in [0.4, 0.5) is 0 Å². The van der Waals surface area contributed by atoms with E-state index in [-0.39, 0.29) is 25.7 Å². The van der Waals surface area contributed by atoms with Crippen molar-refractivity contribution in [2.24, 2.45) is 11.8 Å². The van der Waals surface area contributed by atoms with Gasteiger partial charge in [-0.2, -0.15) is 0 Å². The fraction of sp³-hybridized carbons (Fsp3) is 0.947. The van der Waals surface area contributed by atoms with Gasteiger partial charge in [0.15, 0.2) is 12.2 Å². The van der Waals surface area contributed by atoms with Gasteiger partial charge in [-0.25, -0.2) is 9.13 Å². The molecule has 17 nitrogen and oxygen atoms in total. The molecule has 0 aromatic rings. The second kappa shape index (κ2) is 66.9. The van der Waals surface area contributed by atoms with Crippen molar-refractivity contribution >= 4 is 39.5 Å². The molecule has 0 aliphatic heterocycles. The van der Waals surface area contributed by atoms with Crippen LogP contribution in [0.15, 0.2) is 0 Å². The average molecular weight is 1380 g/mol. The summed E-state index contributed by atoms with van der Waals surface area (Å²) >= 11 is 0. The highest BCUT2D eigenvalue weighted by Gasteiger charge is 2.30. The van der Waals surface area contributed by atoms with Crippen molar-refractivity contribution in [3.8, 4) is 0 Å². The summed E-state index contributed by atoms with van der Waals surface area (Å²) < 4.78 is 68.4. The third-order valence-electron chi connectivity index (χ3n) is 17.5. The first-order valence-corrected chi connectivity index (χ1v) is 42.0. The summed E-state index contributed by atoms with van der Waals surface area (Å²) in [4.78, 5) is 72.7. The monoisotopic (exact) mass is 1380 g/mol. The molecule has 0 spiro atoms. The molecule has 0 radical (unpaired) electrons. The predicted molar refractivity (Wildman–Crippen MR) is 381 cm³/mol. The van der Waals surface area contributed by atoms with E-state index in [1.807, 2.05) is 0 Å². The Hall–Kier alpha value is -1.94. The molecule has 558 valence electrons. The first-order chi connectivity index (χ1) is 45.4. The summed E-state index contributed by atoms with van der Waals surface area (Å²) in [5, 5.41) is 10.6. The highest BCUT2D eigenvalue weighted by Crippen LogP contribution is 2.45. The van der Waals surface area contributed by atoms with Crippen LogP contribution in [0.2, 0.25) is 0 Å². The quantitative estimate of drug-likeness (QED) is 0.0222. The summed E-state index contributed by atoms with van der Waals surface area (Å²) in [6, 6.07) is 0. The molecule has 0 heterocycles. The summed E-state index contributed by atoms with van der Waals surface area (Å²) in [6.07, 6.45) is 54.1. The van der Waals surface area contributed by atoms with Crippen molar-refractivity contribution in [2.75, 3.05) is 39.6 Å². The summed E-state index contributed by atoms with van der Waals surface area (Å²) in [6.45, 7) is 9.58. The van der Waals surface area contributed by atoms with E-state index >= 15 is 0 Å². The fourth-order valence-corrected chi connectivity index (χ4v) is 13.1. The normalized spacial score (nSPS) is 14.0. The third-order valence-corrected chi connectivity index (χ3v) is 19.4. The number of carbonyl (C=O) groups excluding carboxylic acids is 4. The van der Waals surface area contributed by atoms with Crippen LogP contribution in [0, 0.1) is 11.8 Å². The maximum Gasteiger partial charge on any atom is 0.472 e. The molecule has 0 rings (SSSR count). The standard InChI is InChI=1S/C75H146O17P2/c1-7-9-11-13-15-17-18-19-21-25-28-34-40-46-52-58-73(78)86-64-71(92-74(79)59-53-47-41-35-29-26-23-20-22-24-27-32-37-43-49-55-67(3)4)66-90-94(83,84)88-62-69(76)61-87-93(81,82)89-65-70(63-85-72(77)57-51-45-39-16-14-12-10-8-2)91-75(80)60-54-48-42-36-31-30-33-38-44-50-56-68(5)6/h67-71,76H,7-66H2,1-6H3,(H,81,82)(H,83,84)/t69-,70+,71+/m0/s1. The number of phosphoric acid groups is 2. The molecule has 19 heteroatoms. The summed E-state index contributed by atoms with van der Waals surface area (Å²) in [5.74, 6) is -0.563. The van der Waals surface area contributed by atoms with Crippen LogP contribution in [-0.2, 0) is 65.4 Å². The molecule has 5 atom stereocenters. The van der Waals surface area contributed by atoms with Crippen LogP contribution in [-0.4, -0.2) is 96.7 Å². The smallest absolute Gasteiger partial charge is 0.462 e. The summed E-state index contributed by atoms with van der Waals surface area (Å²) in [7, 11) is -9.91. The Morgan fingerprint density at radius 2 is 0.489 bits per heavy atom. The van der Waals surface area contributed by atoms with E-state index in [9.17, 15) is 43.2 Å². The number of aliphatic hydroxyl groups is 1. The van der Waals surface area contributed by atoms with Crippen LogP contribution in [0.3, 0.4) is 0 Å². The van der Waals surface area contributed by atoms with Gasteiger partial charge < -0.3 is 33.8 Å². The number of unbranched alkanes of at least 4 members (excludes halogenated alkanes) is 44. The zero-order valence-corrected chi connectivity index (χ0v) is 63.1. The molecular formula is C75H146O17P2. The number of aliphatic hydroxyl groups excluding tert-OH is 1. The molecule has 2 unspecified atom stereocenters. The zero-order chi connectivity index (χ0) is 69.3. The molecule has 94 heavy (non-hydrogen) atoms. The Kier molecular flexibility index (Phi) is 65.5. The number of phosphoric ester groups is 2. The van der Waals surface area contributed by atoms with Crippen molar-refractivity contribution in [3.05, 3.63) is 0 Å². The minimum Gasteiger partial charge on any atom is -0.462 e. The van der Waals surface area contributed by atoms with Crippen LogP contribution in [0.25, 0.3) is 0 Å². The SMILES string of the molecule is CCCCCCCCCCCCCCCCCC(=O)OC[C@H](COP(=O)(O)OC[C@@H](O)COP(=O)(O)OC[C@@H](COC(=O)CCCCCCCCCC)OC(=O)CCCCCCCCCCCCC(C)C)OC(=O)CCCCCCCCCCCCCCCCCC(C)C. The lowest BCUT2D eigenvalue weighted by Crippen LogP contribution is -2.30. The maximum absolute atomic E-state index is 13.1. The highest BCUT2D eigenvalue weighted by molar-refractivity contribution is 7.47. The Labute approximate surface area is 575 Å². The highest BCUT2D eigenvalue weighted by atomic mass is 31.2. The van der Waals surface area contributed by atoms with Gasteiger partial charge in [0.2, 0.25) is 0 Å². The minimum atomic E-state index is -4.96. The predicted octanol–water partition coefficient (Wildman–Crippen LogP) is 21.9. The van der Waals surface area contributed by atoms with Gasteiger partial charge in [0.1, 0.15) is 19.3 Å². The number of rotatable bonds is 74. The number of hydrogen-bond donors (Lipinski definition) is 3. The largest absolute Gasteiger partial charge is 0.472 e. The number of carbonyl (C=O) groups is 4. The van der Waals surface area contributed by atoms with E-state index in [4.69, 9.17) is 37.0 Å². The first-order valence-electron chi connectivity index (χ1n) is 39.0. The van der Waals surface area contributed by atoms with Gasteiger partial charge >= 0.3 is 39.5 Å². The topological polar surface area (TPSA) is 237 Å². The van der Waals surface area contributed by atoms with Gasteiger partial charge in [-0.3, -0.25) is 37.3 Å². The molecule has 0 saturated heterocycles. The van der Waals surface area contributed by atoms with Crippen LogP contribution in [0.5, 0.6) is 0 Å². The van der Waals surface area contributed by atoms with Gasteiger partial charge in [-0.15, -0.1) is 0 Å². The van der Waals surface area contributed by atoms with E-state index in [0.717, 1.165) is 108 Å². The van der Waals surface area contributed by atoms with Crippen LogP contribution >= 0.6 is 15.6 Å². The summed E-state index contributed by atoms with van der Waals surface area (Å²) in [5.41, 5.74) is 0. The Morgan fingerprint density at radius 1 is 0.287 bits per heavy atom. The number of esters is 4. The van der Waals surface area contributed by atoms with E-state index in [1.165, 1.54) is 199 Å². The molecule has 0 fully saturated rings. The molecule has 0 aliphatic carbocycles. The average Bonchev–Trinajstić information content (AvgIpc) is 1.51. The molecule has 0 aromatic carbocycles. The molecule has 0 aromatic heterocycles. The van der Waals surface area contributed by atoms with Crippen LogP contribution < -0.4 is 0 Å². The van der Waals surface area contributed by atoms with E-state index in [2.05, 4.69) is 41.5 Å². The van der Waals surface area contributed by atoms with E-state index in [0.29, 0.717) is 25.7 Å². The third kappa shape index (κ3) is 68.6. The zero-order valence-electron chi connectivity index (χ0n) is 61.3. The first kappa shape index (κ1) is 92.1. The molecule has 3 N–H and O–H groups in total. The maximum atomic E-state index is 13.1. The van der Waals surface area contributed by atoms with E-state index in [1.54, 1.807) is 0 Å². The van der Waals surface area contributed by atoms with E-state index < -0.39 is 97.5 Å². The van der Waals surface area contributed by atoms with Crippen molar-refractivity contribution in [3.63, 3.8) is 0 Å². The van der Waals surface area contributed by atoms with Crippen molar-refractivity contribution < 1.29 is 80.2 Å². The Morgan fingerprint density at radius 3 is 0.723 bits per heavy atom. The van der Waals surface area contributed by atoms with Crippen molar-refractivity contribution in [1.82, 2.24) is 0 Å². The lowest BCUT2D eigenvalue weighted by Gasteiger charge is -2.21. The van der Waals surface area contributed by atoms with Gasteiger partial charge in [-0.1, -0.05) is 337 Å². The van der Waals surface area contributed by atoms with Gasteiger partial charge in [0.25, 0.3) is 0 Å². The number of hydrogen-bond acceptors (Lipinski definition) is 15. The Bertz CT molecular complexity index is 1820. The van der Waals surface area contributed by atoms with Crippen molar-refractivity contribution in [1.29, 1.82) is 0 Å². The lowest BCUT2D eigenvalue weighted by molar-refractivity contribution is -0.161. The molecule has 0 aliphatic rings. The molecule has 0 amide bonds. The second-order valence-corrected chi connectivity index (χ2v) is 30.9. The van der Waals surface area contributed by atoms with Gasteiger partial charge in [0.05, 0.1) is 26.4 Å². The van der Waals surface area contributed by atoms with Gasteiger partial charge in [-0.05, 0) is 37.5 Å². The molecule has 0 saturated carbocycles. The second-order valence-electron chi connectivity index (χ2n) is 28.0. The molecule has 0 bridgehead atoms. The van der Waals surface area contributed by atoms with Crippen molar-refractivity contribution in [2.45, 2.75) is 407 Å². The van der Waals surface area contributed by atoms with Crippen LogP contribution in [0.1, 0.15) is 388 Å². The minimum absolute atomic E-state index is 0.106. The Balaban J connectivity index is 5.21. The molecular weight excluding hydrogens is 1230 g/mol. The fourth-order valence-electron chi connectivity index (χ4n) is 11.5. The van der Waals surface area contributed by atoms with Gasteiger partial charge in [0, 0.05) is 25.7 Å². The lowest BCUT2D eigenvalue weighted by atomic mass is 10.0. The number of ether oxygens (including phenoxy) is 4.